The molecule has 0 radical (unpaired) electrons. The third-order valence-electron chi connectivity index (χ3n) is 2.25. The molecule has 0 amide bonds. The topological polar surface area (TPSA) is 35.2 Å². The van der Waals surface area contributed by atoms with Crippen LogP contribution in [0.5, 0.6) is 5.75 Å². The largest absolute Gasteiger partial charge is 0.488 e. The summed E-state index contributed by atoms with van der Waals surface area (Å²) in [4.78, 5) is 0. The van der Waals surface area contributed by atoms with Gasteiger partial charge in [-0.3, -0.25) is 0 Å². The Kier molecular flexibility index (Phi) is 3.33. The van der Waals surface area contributed by atoms with E-state index < -0.39 is 0 Å². The molecule has 4 heteroatoms. The summed E-state index contributed by atoms with van der Waals surface area (Å²) in [5.74, 6) is -0.0621. The highest BCUT2D eigenvalue weighted by molar-refractivity contribution is 7.14. The van der Waals surface area contributed by atoms with E-state index in [1.54, 1.807) is 6.07 Å². The quantitative estimate of drug-likeness (QED) is 0.897. The monoisotopic (exact) mass is 251 g/mol. The van der Waals surface area contributed by atoms with E-state index in [0.29, 0.717) is 0 Å². The number of anilines is 1. The number of rotatable bonds is 3. The molecule has 0 aliphatic rings. The predicted octanol–water partition coefficient (Wildman–Crippen LogP) is 3.92. The van der Waals surface area contributed by atoms with E-state index >= 15 is 0 Å². The second-order valence-corrected chi connectivity index (χ2v) is 4.99. The molecular weight excluding hydrogens is 237 g/mol. The van der Waals surface area contributed by atoms with Crippen molar-refractivity contribution in [3.05, 3.63) is 35.5 Å². The molecule has 2 N–H and O–H groups in total. The van der Waals surface area contributed by atoms with Crippen LogP contribution in [0.3, 0.4) is 0 Å². The second kappa shape index (κ2) is 4.75. The first-order valence-electron chi connectivity index (χ1n) is 5.37. The fourth-order valence-corrected chi connectivity index (χ4v) is 2.20. The molecule has 0 unspecified atom stereocenters. The van der Waals surface area contributed by atoms with Crippen LogP contribution in [0, 0.1) is 5.82 Å². The van der Waals surface area contributed by atoms with Gasteiger partial charge in [0.15, 0.2) is 11.6 Å². The molecule has 1 aromatic heterocycles. The maximum atomic E-state index is 13.8. The summed E-state index contributed by atoms with van der Waals surface area (Å²) >= 11 is 1.44. The minimum absolute atomic E-state index is 0.0351. The zero-order valence-corrected chi connectivity index (χ0v) is 10.6. The number of halogens is 1. The summed E-state index contributed by atoms with van der Waals surface area (Å²) in [7, 11) is 0. The summed E-state index contributed by atoms with van der Waals surface area (Å²) in [5, 5.41) is 2.63. The Hall–Kier alpha value is -1.55. The maximum Gasteiger partial charge on any atom is 0.165 e. The van der Waals surface area contributed by atoms with Gasteiger partial charge in [-0.1, -0.05) is 6.07 Å². The lowest BCUT2D eigenvalue weighted by molar-refractivity contribution is 0.231. The zero-order chi connectivity index (χ0) is 12.4. The van der Waals surface area contributed by atoms with E-state index in [2.05, 4.69) is 0 Å². The predicted molar refractivity (Wildman–Crippen MR) is 69.9 cm³/mol. The van der Waals surface area contributed by atoms with Crippen molar-refractivity contribution >= 4 is 16.3 Å². The van der Waals surface area contributed by atoms with Crippen LogP contribution in [-0.4, -0.2) is 6.10 Å². The van der Waals surface area contributed by atoms with Crippen LogP contribution in [0.1, 0.15) is 13.8 Å². The van der Waals surface area contributed by atoms with Gasteiger partial charge in [0.05, 0.1) is 11.1 Å². The lowest BCUT2D eigenvalue weighted by Crippen LogP contribution is -2.06. The Labute approximate surface area is 104 Å². The number of ether oxygens (including phenoxy) is 1. The molecule has 0 fully saturated rings. The van der Waals surface area contributed by atoms with Gasteiger partial charge in [0.1, 0.15) is 0 Å². The Balaban J connectivity index is 2.30. The van der Waals surface area contributed by atoms with Crippen LogP contribution in [0.15, 0.2) is 29.6 Å². The molecule has 2 nitrogen and oxygen atoms in total. The van der Waals surface area contributed by atoms with Crippen molar-refractivity contribution in [3.8, 4) is 16.9 Å². The number of nitrogen functional groups attached to an aromatic ring is 1. The minimum Gasteiger partial charge on any atom is -0.488 e. The molecule has 90 valence electrons. The molecule has 0 aliphatic heterocycles. The summed E-state index contributed by atoms with van der Waals surface area (Å²) in [6.45, 7) is 3.74. The van der Waals surface area contributed by atoms with Crippen LogP contribution in [0.2, 0.25) is 0 Å². The van der Waals surface area contributed by atoms with Gasteiger partial charge < -0.3 is 10.5 Å². The summed E-state index contributed by atoms with van der Waals surface area (Å²) in [5.41, 5.74) is 7.39. The van der Waals surface area contributed by atoms with E-state index in [1.165, 1.54) is 17.4 Å². The normalized spacial score (nSPS) is 10.8. The molecule has 2 rings (SSSR count). The van der Waals surface area contributed by atoms with Crippen molar-refractivity contribution in [1.82, 2.24) is 0 Å². The molecule has 2 aromatic rings. The van der Waals surface area contributed by atoms with Crippen LogP contribution in [0.4, 0.5) is 9.39 Å². The van der Waals surface area contributed by atoms with Crippen molar-refractivity contribution < 1.29 is 9.13 Å². The molecular formula is C13H14FNOS. The Morgan fingerprint density at radius 1 is 1.24 bits per heavy atom. The highest BCUT2D eigenvalue weighted by Crippen LogP contribution is 2.30. The van der Waals surface area contributed by atoms with Gasteiger partial charge in [-0.25, -0.2) is 4.39 Å². The molecule has 0 saturated carbocycles. The van der Waals surface area contributed by atoms with Gasteiger partial charge in [-0.15, -0.1) is 11.3 Å². The molecule has 1 aromatic carbocycles. The van der Waals surface area contributed by atoms with E-state index in [0.717, 1.165) is 16.1 Å². The van der Waals surface area contributed by atoms with Crippen molar-refractivity contribution in [2.45, 2.75) is 20.0 Å². The van der Waals surface area contributed by atoms with E-state index in [4.69, 9.17) is 10.5 Å². The van der Waals surface area contributed by atoms with E-state index in [-0.39, 0.29) is 17.7 Å². The molecule has 1 heterocycles. The average molecular weight is 251 g/mol. The van der Waals surface area contributed by atoms with Gasteiger partial charge in [-0.05, 0) is 43.2 Å². The van der Waals surface area contributed by atoms with Crippen LogP contribution in [0.25, 0.3) is 11.1 Å². The third-order valence-corrected chi connectivity index (χ3v) is 3.01. The van der Waals surface area contributed by atoms with Gasteiger partial charge in [0, 0.05) is 5.38 Å². The SMILES string of the molecule is CC(C)Oc1ccc(-c2csc(N)c2)cc1F. The smallest absolute Gasteiger partial charge is 0.165 e. The number of thiophene rings is 1. The van der Waals surface area contributed by atoms with Crippen molar-refractivity contribution in [2.24, 2.45) is 0 Å². The Morgan fingerprint density at radius 2 is 2.00 bits per heavy atom. The van der Waals surface area contributed by atoms with Gasteiger partial charge in [0.25, 0.3) is 0 Å². The molecule has 0 saturated heterocycles. The van der Waals surface area contributed by atoms with Gasteiger partial charge in [-0.2, -0.15) is 0 Å². The molecule has 17 heavy (non-hydrogen) atoms. The number of benzene rings is 1. The van der Waals surface area contributed by atoms with Crippen LogP contribution < -0.4 is 10.5 Å². The molecule has 0 spiro atoms. The van der Waals surface area contributed by atoms with E-state index in [1.807, 2.05) is 31.4 Å². The first-order chi connectivity index (χ1) is 8.06. The second-order valence-electron chi connectivity index (χ2n) is 4.05. The first-order valence-corrected chi connectivity index (χ1v) is 6.25. The standard InChI is InChI=1S/C13H14FNOS/c1-8(2)16-12-4-3-9(5-11(12)14)10-6-13(15)17-7-10/h3-8H,15H2,1-2H3. The van der Waals surface area contributed by atoms with Crippen molar-refractivity contribution in [2.75, 3.05) is 5.73 Å². The fraction of sp³-hybridized carbons (Fsp3) is 0.231. The molecule has 0 atom stereocenters. The lowest BCUT2D eigenvalue weighted by atomic mass is 10.1. The Bertz CT molecular complexity index is 522. The van der Waals surface area contributed by atoms with Crippen molar-refractivity contribution in [1.29, 1.82) is 0 Å². The fourth-order valence-electron chi connectivity index (χ4n) is 1.53. The minimum atomic E-state index is -0.346. The summed E-state index contributed by atoms with van der Waals surface area (Å²) in [6, 6.07) is 6.79. The van der Waals surface area contributed by atoms with Gasteiger partial charge >= 0.3 is 0 Å². The zero-order valence-electron chi connectivity index (χ0n) is 9.74. The third kappa shape index (κ3) is 2.77. The molecule has 0 aliphatic carbocycles. The van der Waals surface area contributed by atoms with Crippen LogP contribution in [-0.2, 0) is 0 Å². The summed E-state index contributed by atoms with van der Waals surface area (Å²) in [6.07, 6.45) is -0.0351. The number of hydrogen-bond donors (Lipinski definition) is 1. The van der Waals surface area contributed by atoms with Crippen molar-refractivity contribution in [3.63, 3.8) is 0 Å². The number of nitrogens with two attached hydrogens (primary N) is 1. The first kappa shape index (κ1) is 11.9. The highest BCUT2D eigenvalue weighted by Gasteiger charge is 2.08. The van der Waals surface area contributed by atoms with Gasteiger partial charge in [0.2, 0.25) is 0 Å². The molecule has 0 bridgehead atoms. The van der Waals surface area contributed by atoms with Crippen LogP contribution >= 0.6 is 11.3 Å². The highest BCUT2D eigenvalue weighted by atomic mass is 32.1. The Morgan fingerprint density at radius 3 is 2.53 bits per heavy atom. The lowest BCUT2D eigenvalue weighted by Gasteiger charge is -2.11. The summed E-state index contributed by atoms with van der Waals surface area (Å²) < 4.78 is 19.1. The maximum absolute atomic E-state index is 13.8. The average Bonchev–Trinajstić information content (AvgIpc) is 2.67. The van der Waals surface area contributed by atoms with E-state index in [9.17, 15) is 4.39 Å². The number of hydrogen-bond acceptors (Lipinski definition) is 3.